The summed E-state index contributed by atoms with van der Waals surface area (Å²) in [6.07, 6.45) is -0.978. The Labute approximate surface area is 84.9 Å². The minimum atomic E-state index is -1.78. The normalized spacial score (nSPS) is 13.0. The molecule has 1 aromatic carbocycles. The number of halogens is 5. The third kappa shape index (κ3) is 1.98. The second-order valence-electron chi connectivity index (χ2n) is 3.05. The van der Waals surface area contributed by atoms with Crippen LogP contribution in [-0.2, 0) is 0 Å². The van der Waals surface area contributed by atoms with Gasteiger partial charge in [-0.1, -0.05) is 0 Å². The van der Waals surface area contributed by atoms with Gasteiger partial charge in [-0.3, -0.25) is 0 Å². The van der Waals surface area contributed by atoms with E-state index in [1.165, 1.54) is 6.66 Å². The molecule has 0 bridgehead atoms. The van der Waals surface area contributed by atoms with Gasteiger partial charge in [0.2, 0.25) is 0 Å². The van der Waals surface area contributed by atoms with Gasteiger partial charge in [-0.05, 0) is 21.5 Å². The van der Waals surface area contributed by atoms with Crippen LogP contribution >= 0.6 is 7.92 Å². The highest BCUT2D eigenvalue weighted by Gasteiger charge is 2.25. The summed E-state index contributed by atoms with van der Waals surface area (Å²) in [6, 6.07) is 0. The lowest BCUT2D eigenvalue weighted by molar-refractivity contribution is 0.434. The fourth-order valence-electron chi connectivity index (χ4n) is 1.13. The molecular formula is C9H8F5P. The summed E-state index contributed by atoms with van der Waals surface area (Å²) in [7, 11) is -1.78. The quantitative estimate of drug-likeness (QED) is 0.323. The molecule has 0 aliphatic heterocycles. The third-order valence-electron chi connectivity index (χ3n) is 2.02. The zero-order chi connectivity index (χ0) is 11.7. The third-order valence-corrected chi connectivity index (χ3v) is 3.54. The van der Waals surface area contributed by atoms with Crippen LogP contribution in [0.25, 0.3) is 0 Å². The van der Waals surface area contributed by atoms with Crippen LogP contribution in [0.15, 0.2) is 0 Å². The van der Waals surface area contributed by atoms with Gasteiger partial charge >= 0.3 is 0 Å². The minimum absolute atomic E-state index is 0.619. The number of hydrogen-bond donors (Lipinski definition) is 0. The molecule has 6 heteroatoms. The molecule has 1 atom stereocenters. The SMILES string of the molecule is Cc1c(F)c(F)c(F)c(P(C)CF)c1F. The number of alkyl halides is 1. The standard InChI is InChI=1S/C9H8F5P/c1-4-5(11)7(13)8(14)9(6(4)12)15(2)3-10/h3H2,1-2H3. The summed E-state index contributed by atoms with van der Waals surface area (Å²) in [6.45, 7) is 2.24. The average Bonchev–Trinajstić information content (AvgIpc) is 2.23. The average molecular weight is 242 g/mol. The van der Waals surface area contributed by atoms with Crippen LogP contribution in [0.5, 0.6) is 0 Å². The van der Waals surface area contributed by atoms with Crippen LogP contribution in [-0.4, -0.2) is 13.1 Å². The van der Waals surface area contributed by atoms with Crippen LogP contribution in [0, 0.1) is 30.2 Å². The molecule has 1 unspecified atom stereocenters. The van der Waals surface area contributed by atoms with Gasteiger partial charge in [0.25, 0.3) is 0 Å². The first-order chi connectivity index (χ1) is 6.91. The van der Waals surface area contributed by atoms with E-state index in [9.17, 15) is 22.0 Å². The van der Waals surface area contributed by atoms with Gasteiger partial charge in [0, 0.05) is 5.56 Å². The maximum atomic E-state index is 13.3. The van der Waals surface area contributed by atoms with Crippen molar-refractivity contribution in [1.82, 2.24) is 0 Å². The Balaban J connectivity index is 3.52. The predicted octanol–water partition coefficient (Wildman–Crippen LogP) is 3.22. The van der Waals surface area contributed by atoms with Crippen LogP contribution in [0.2, 0.25) is 0 Å². The second-order valence-corrected chi connectivity index (χ2v) is 5.13. The molecular weight excluding hydrogens is 234 g/mol. The molecule has 15 heavy (non-hydrogen) atoms. The highest BCUT2D eigenvalue weighted by molar-refractivity contribution is 7.64. The number of hydrogen-bond acceptors (Lipinski definition) is 0. The summed E-state index contributed by atoms with van der Waals surface area (Å²) in [5.74, 6) is -6.12. The summed E-state index contributed by atoms with van der Waals surface area (Å²) in [4.78, 5) is 0. The molecule has 0 aromatic heterocycles. The van der Waals surface area contributed by atoms with Crippen molar-refractivity contribution in [3.05, 3.63) is 28.8 Å². The maximum absolute atomic E-state index is 13.3. The molecule has 0 radical (unpaired) electrons. The molecule has 0 N–H and O–H groups in total. The van der Waals surface area contributed by atoms with E-state index in [1.54, 1.807) is 0 Å². The highest BCUT2D eigenvalue weighted by Crippen LogP contribution is 2.34. The molecule has 0 fully saturated rings. The van der Waals surface area contributed by atoms with E-state index in [2.05, 4.69) is 0 Å². The monoisotopic (exact) mass is 242 g/mol. The van der Waals surface area contributed by atoms with Gasteiger partial charge in [0.15, 0.2) is 17.5 Å². The predicted molar refractivity (Wildman–Crippen MR) is 49.5 cm³/mol. The Hall–Kier alpha value is -0.700. The van der Waals surface area contributed by atoms with Gasteiger partial charge in [-0.15, -0.1) is 0 Å². The van der Waals surface area contributed by atoms with E-state index in [0.717, 1.165) is 6.92 Å². The van der Waals surface area contributed by atoms with Crippen molar-refractivity contribution >= 4 is 13.2 Å². The van der Waals surface area contributed by atoms with E-state index < -0.39 is 48.5 Å². The molecule has 0 nitrogen and oxygen atoms in total. The smallest absolute Gasteiger partial charge is 0.195 e. The van der Waals surface area contributed by atoms with Crippen molar-refractivity contribution in [1.29, 1.82) is 0 Å². The Morgan fingerprint density at radius 3 is 1.93 bits per heavy atom. The van der Waals surface area contributed by atoms with Crippen molar-refractivity contribution in [3.63, 3.8) is 0 Å². The van der Waals surface area contributed by atoms with Crippen LogP contribution in [0.1, 0.15) is 5.56 Å². The zero-order valence-electron chi connectivity index (χ0n) is 8.04. The van der Waals surface area contributed by atoms with Crippen LogP contribution in [0.4, 0.5) is 22.0 Å². The molecule has 0 aliphatic carbocycles. The Morgan fingerprint density at radius 2 is 1.47 bits per heavy atom. The second kappa shape index (κ2) is 4.44. The largest absolute Gasteiger partial charge is 0.246 e. The first-order valence-corrected chi connectivity index (χ1v) is 5.98. The number of rotatable bonds is 2. The van der Waals surface area contributed by atoms with Crippen molar-refractivity contribution in [2.24, 2.45) is 0 Å². The molecule has 84 valence electrons. The maximum Gasteiger partial charge on any atom is 0.195 e. The molecule has 0 spiro atoms. The molecule has 1 rings (SSSR count). The van der Waals surface area contributed by atoms with Gasteiger partial charge in [0.1, 0.15) is 12.2 Å². The van der Waals surface area contributed by atoms with Gasteiger partial charge in [-0.2, -0.15) is 0 Å². The summed E-state index contributed by atoms with van der Waals surface area (Å²) in [5, 5.41) is -0.677. The van der Waals surface area contributed by atoms with Gasteiger partial charge < -0.3 is 0 Å². The van der Waals surface area contributed by atoms with Crippen LogP contribution in [0.3, 0.4) is 0 Å². The van der Waals surface area contributed by atoms with E-state index in [4.69, 9.17) is 0 Å². The molecule has 0 saturated heterocycles. The Bertz CT molecular complexity index is 362. The summed E-state index contributed by atoms with van der Waals surface area (Å²) >= 11 is 0. The molecule has 0 amide bonds. The molecule has 1 aromatic rings. The van der Waals surface area contributed by atoms with Crippen molar-refractivity contribution in [3.8, 4) is 0 Å². The lowest BCUT2D eigenvalue weighted by atomic mass is 10.2. The first kappa shape index (κ1) is 12.4. The van der Waals surface area contributed by atoms with Gasteiger partial charge in [-0.25, -0.2) is 22.0 Å². The fourth-order valence-corrected chi connectivity index (χ4v) is 2.19. The zero-order valence-corrected chi connectivity index (χ0v) is 8.94. The fraction of sp³-hybridized carbons (Fsp3) is 0.333. The summed E-state index contributed by atoms with van der Waals surface area (Å²) in [5.41, 5.74) is -0.619. The van der Waals surface area contributed by atoms with Crippen molar-refractivity contribution in [2.45, 2.75) is 6.92 Å². The molecule has 0 aliphatic rings. The van der Waals surface area contributed by atoms with E-state index in [-0.39, 0.29) is 0 Å². The molecule has 0 heterocycles. The Morgan fingerprint density at radius 1 is 0.933 bits per heavy atom. The van der Waals surface area contributed by atoms with E-state index >= 15 is 0 Å². The van der Waals surface area contributed by atoms with E-state index in [1.807, 2.05) is 0 Å². The summed E-state index contributed by atoms with van der Waals surface area (Å²) < 4.78 is 64.5. The first-order valence-electron chi connectivity index (χ1n) is 4.01. The van der Waals surface area contributed by atoms with Gasteiger partial charge in [0.05, 0.1) is 5.30 Å². The lowest BCUT2D eigenvalue weighted by Crippen LogP contribution is -2.18. The van der Waals surface area contributed by atoms with Crippen molar-refractivity contribution in [2.75, 3.05) is 13.1 Å². The Kier molecular flexibility index (Phi) is 3.66. The van der Waals surface area contributed by atoms with Crippen molar-refractivity contribution < 1.29 is 22.0 Å². The lowest BCUT2D eigenvalue weighted by Gasteiger charge is -2.13. The topological polar surface area (TPSA) is 0 Å². The highest BCUT2D eigenvalue weighted by atomic mass is 31.1. The molecule has 0 saturated carbocycles. The van der Waals surface area contributed by atoms with Crippen LogP contribution < -0.4 is 5.30 Å². The minimum Gasteiger partial charge on any atom is -0.246 e. The van der Waals surface area contributed by atoms with E-state index in [0.29, 0.717) is 0 Å². The number of benzene rings is 1.